The Balaban J connectivity index is 2.23. The highest BCUT2D eigenvalue weighted by Crippen LogP contribution is 2.20. The predicted octanol–water partition coefficient (Wildman–Crippen LogP) is 3.27. The standard InChI is InChI=1S/C16H14ClNO4/c1-21-16(19)15(18-20)14-8-3-2-5-11(14)10-22-13-7-4-6-12(17)9-13/h2-9,20H,10H2,1H3. The van der Waals surface area contributed by atoms with E-state index in [1.165, 1.54) is 7.11 Å². The Bertz CT molecular complexity index is 700. The van der Waals surface area contributed by atoms with Crippen LogP contribution in [0.15, 0.2) is 53.7 Å². The normalized spacial score (nSPS) is 11.1. The molecule has 0 amide bonds. The minimum atomic E-state index is -0.724. The second-order valence-corrected chi connectivity index (χ2v) is 4.78. The molecular weight excluding hydrogens is 306 g/mol. The van der Waals surface area contributed by atoms with E-state index in [1.54, 1.807) is 48.5 Å². The summed E-state index contributed by atoms with van der Waals surface area (Å²) >= 11 is 5.90. The molecule has 0 aliphatic carbocycles. The summed E-state index contributed by atoms with van der Waals surface area (Å²) in [6.07, 6.45) is 0. The van der Waals surface area contributed by atoms with Crippen molar-refractivity contribution < 1.29 is 19.5 Å². The molecule has 0 bridgehead atoms. The van der Waals surface area contributed by atoms with Crippen molar-refractivity contribution in [3.63, 3.8) is 0 Å². The first-order valence-electron chi connectivity index (χ1n) is 6.42. The number of hydrogen-bond donors (Lipinski definition) is 1. The van der Waals surface area contributed by atoms with Crippen LogP contribution in [0.3, 0.4) is 0 Å². The van der Waals surface area contributed by atoms with Crippen molar-refractivity contribution >= 4 is 23.3 Å². The van der Waals surface area contributed by atoms with E-state index in [4.69, 9.17) is 21.5 Å². The van der Waals surface area contributed by atoms with Crippen LogP contribution in [0.1, 0.15) is 11.1 Å². The summed E-state index contributed by atoms with van der Waals surface area (Å²) in [5, 5.41) is 12.6. The van der Waals surface area contributed by atoms with Gasteiger partial charge in [0, 0.05) is 10.6 Å². The minimum absolute atomic E-state index is 0.173. The molecule has 0 aromatic heterocycles. The number of oxime groups is 1. The van der Waals surface area contributed by atoms with Crippen molar-refractivity contribution in [1.29, 1.82) is 0 Å². The highest BCUT2D eigenvalue weighted by atomic mass is 35.5. The molecule has 0 fully saturated rings. The molecule has 0 saturated carbocycles. The summed E-state index contributed by atoms with van der Waals surface area (Å²) in [5.74, 6) is -0.124. The molecule has 114 valence electrons. The number of ether oxygens (including phenoxy) is 2. The molecule has 0 heterocycles. The number of rotatable bonds is 5. The maximum Gasteiger partial charge on any atom is 0.360 e. The topological polar surface area (TPSA) is 68.1 Å². The van der Waals surface area contributed by atoms with Crippen LogP contribution in [0.5, 0.6) is 5.75 Å². The molecule has 22 heavy (non-hydrogen) atoms. The van der Waals surface area contributed by atoms with Crippen LogP contribution in [-0.4, -0.2) is 24.0 Å². The third kappa shape index (κ3) is 3.77. The van der Waals surface area contributed by atoms with Crippen LogP contribution >= 0.6 is 11.6 Å². The molecule has 0 aliphatic heterocycles. The monoisotopic (exact) mass is 319 g/mol. The summed E-state index contributed by atoms with van der Waals surface area (Å²) < 4.78 is 10.3. The lowest BCUT2D eigenvalue weighted by molar-refractivity contribution is -0.132. The smallest absolute Gasteiger partial charge is 0.360 e. The maximum atomic E-state index is 11.6. The number of esters is 1. The van der Waals surface area contributed by atoms with E-state index < -0.39 is 5.97 Å². The molecule has 2 aromatic rings. The number of benzene rings is 2. The van der Waals surface area contributed by atoms with Crippen LogP contribution in [0.25, 0.3) is 0 Å². The van der Waals surface area contributed by atoms with Gasteiger partial charge in [0.15, 0.2) is 5.71 Å². The van der Waals surface area contributed by atoms with E-state index in [2.05, 4.69) is 9.89 Å². The molecule has 6 heteroatoms. The van der Waals surface area contributed by atoms with Gasteiger partial charge in [0.05, 0.1) is 7.11 Å². The number of methoxy groups -OCH3 is 1. The lowest BCUT2D eigenvalue weighted by atomic mass is 10.0. The molecular formula is C16H14ClNO4. The molecule has 0 atom stereocenters. The summed E-state index contributed by atoms with van der Waals surface area (Å²) in [5.41, 5.74) is 0.951. The van der Waals surface area contributed by atoms with Crippen molar-refractivity contribution in [2.24, 2.45) is 5.16 Å². The second kappa shape index (κ2) is 7.47. The number of hydrogen-bond acceptors (Lipinski definition) is 5. The fourth-order valence-corrected chi connectivity index (χ4v) is 2.08. The van der Waals surface area contributed by atoms with Gasteiger partial charge in [-0.05, 0) is 23.8 Å². The summed E-state index contributed by atoms with van der Waals surface area (Å²) in [6.45, 7) is 0.187. The Morgan fingerprint density at radius 2 is 2.00 bits per heavy atom. The zero-order chi connectivity index (χ0) is 15.9. The summed E-state index contributed by atoms with van der Waals surface area (Å²) in [7, 11) is 1.22. The van der Waals surface area contributed by atoms with Crippen molar-refractivity contribution in [1.82, 2.24) is 0 Å². The van der Waals surface area contributed by atoms with Gasteiger partial charge in [-0.15, -0.1) is 0 Å². The molecule has 1 N–H and O–H groups in total. The van der Waals surface area contributed by atoms with Crippen LogP contribution in [0.4, 0.5) is 0 Å². The first kappa shape index (κ1) is 15.9. The minimum Gasteiger partial charge on any atom is -0.489 e. The zero-order valence-electron chi connectivity index (χ0n) is 11.8. The highest BCUT2D eigenvalue weighted by Gasteiger charge is 2.18. The largest absolute Gasteiger partial charge is 0.489 e. The second-order valence-electron chi connectivity index (χ2n) is 4.34. The van der Waals surface area contributed by atoms with E-state index in [9.17, 15) is 4.79 Å². The lowest BCUT2D eigenvalue weighted by Gasteiger charge is -2.11. The molecule has 5 nitrogen and oxygen atoms in total. The van der Waals surface area contributed by atoms with Crippen LogP contribution in [0.2, 0.25) is 5.02 Å². The molecule has 0 spiro atoms. The first-order valence-corrected chi connectivity index (χ1v) is 6.80. The molecule has 0 aliphatic rings. The fourth-order valence-electron chi connectivity index (χ4n) is 1.90. The summed E-state index contributed by atoms with van der Waals surface area (Å²) in [6, 6.07) is 13.9. The van der Waals surface area contributed by atoms with E-state index in [0.29, 0.717) is 21.9 Å². The average molecular weight is 320 g/mol. The Labute approximate surface area is 132 Å². The van der Waals surface area contributed by atoms with Crippen molar-refractivity contribution in [3.05, 3.63) is 64.7 Å². The zero-order valence-corrected chi connectivity index (χ0v) is 12.6. The molecule has 0 radical (unpaired) electrons. The van der Waals surface area contributed by atoms with Crippen LogP contribution in [0, 0.1) is 0 Å². The Morgan fingerprint density at radius 3 is 2.68 bits per heavy atom. The van der Waals surface area contributed by atoms with E-state index >= 15 is 0 Å². The average Bonchev–Trinajstić information content (AvgIpc) is 2.54. The van der Waals surface area contributed by atoms with Gasteiger partial charge in [-0.2, -0.15) is 0 Å². The van der Waals surface area contributed by atoms with Gasteiger partial charge in [0.1, 0.15) is 12.4 Å². The Kier molecular flexibility index (Phi) is 5.38. The fraction of sp³-hybridized carbons (Fsp3) is 0.125. The van der Waals surface area contributed by atoms with Gasteiger partial charge >= 0.3 is 5.97 Å². The van der Waals surface area contributed by atoms with E-state index in [0.717, 1.165) is 0 Å². The van der Waals surface area contributed by atoms with Crippen molar-refractivity contribution in [2.45, 2.75) is 6.61 Å². The van der Waals surface area contributed by atoms with Gasteiger partial charge in [0.25, 0.3) is 0 Å². The van der Waals surface area contributed by atoms with E-state index in [1.807, 2.05) is 0 Å². The predicted molar refractivity (Wildman–Crippen MR) is 82.6 cm³/mol. The summed E-state index contributed by atoms with van der Waals surface area (Å²) in [4.78, 5) is 11.6. The van der Waals surface area contributed by atoms with Crippen molar-refractivity contribution in [2.75, 3.05) is 7.11 Å². The molecule has 2 aromatic carbocycles. The maximum absolute atomic E-state index is 11.6. The van der Waals surface area contributed by atoms with Crippen molar-refractivity contribution in [3.8, 4) is 5.75 Å². The molecule has 0 saturated heterocycles. The Hall–Kier alpha value is -2.53. The lowest BCUT2D eigenvalue weighted by Crippen LogP contribution is -2.19. The number of nitrogens with zero attached hydrogens (tertiary/aromatic N) is 1. The number of carbonyl (C=O) groups is 1. The van der Waals surface area contributed by atoms with Gasteiger partial charge < -0.3 is 14.7 Å². The number of carbonyl (C=O) groups excluding carboxylic acids is 1. The third-order valence-corrected chi connectivity index (χ3v) is 3.18. The van der Waals surface area contributed by atoms with Gasteiger partial charge in [-0.1, -0.05) is 47.1 Å². The SMILES string of the molecule is COC(=O)C(=NO)c1ccccc1COc1cccc(Cl)c1. The quantitative estimate of drug-likeness (QED) is 0.397. The Morgan fingerprint density at radius 1 is 1.23 bits per heavy atom. The van der Waals surface area contributed by atoms with Crippen LogP contribution < -0.4 is 4.74 Å². The molecule has 0 unspecified atom stereocenters. The highest BCUT2D eigenvalue weighted by molar-refractivity contribution is 6.43. The van der Waals surface area contributed by atoms with Crippen LogP contribution in [-0.2, 0) is 16.1 Å². The van der Waals surface area contributed by atoms with Gasteiger partial charge in [0.2, 0.25) is 0 Å². The number of halogens is 1. The first-order chi connectivity index (χ1) is 10.7. The molecule has 2 rings (SSSR count). The van der Waals surface area contributed by atoms with Gasteiger partial charge in [-0.3, -0.25) is 0 Å². The van der Waals surface area contributed by atoms with E-state index in [-0.39, 0.29) is 12.3 Å². The van der Waals surface area contributed by atoms with Gasteiger partial charge in [-0.25, -0.2) is 4.79 Å². The third-order valence-electron chi connectivity index (χ3n) is 2.94.